The molecule has 0 saturated carbocycles. The SMILES string of the molecule is O=C(NC1CCN(Cc2ccccc2C(F)(F)F)CC1)c1ccccn1. The predicted octanol–water partition coefficient (Wildman–Crippen LogP) is 3.49. The van der Waals surface area contributed by atoms with Crippen LogP contribution in [0.3, 0.4) is 0 Å². The summed E-state index contributed by atoms with van der Waals surface area (Å²) in [6.07, 6.45) is -1.37. The van der Waals surface area contributed by atoms with E-state index in [0.717, 1.165) is 6.07 Å². The van der Waals surface area contributed by atoms with Gasteiger partial charge in [-0.05, 0) is 36.6 Å². The van der Waals surface area contributed by atoms with Gasteiger partial charge in [0.15, 0.2) is 0 Å². The smallest absolute Gasteiger partial charge is 0.348 e. The van der Waals surface area contributed by atoms with Gasteiger partial charge in [0.05, 0.1) is 5.56 Å². The zero-order valence-electron chi connectivity index (χ0n) is 14.2. The van der Waals surface area contributed by atoms with Crippen molar-refractivity contribution in [3.8, 4) is 0 Å². The maximum absolute atomic E-state index is 13.1. The van der Waals surface area contributed by atoms with Crippen LogP contribution in [-0.4, -0.2) is 34.9 Å². The summed E-state index contributed by atoms with van der Waals surface area (Å²) in [6.45, 7) is 1.54. The molecule has 2 heterocycles. The van der Waals surface area contributed by atoms with E-state index < -0.39 is 11.7 Å². The van der Waals surface area contributed by atoms with Crippen LogP contribution in [0.4, 0.5) is 13.2 Å². The molecule has 26 heavy (non-hydrogen) atoms. The fourth-order valence-corrected chi connectivity index (χ4v) is 3.17. The molecule has 138 valence electrons. The molecule has 1 fully saturated rings. The summed E-state index contributed by atoms with van der Waals surface area (Å²) < 4.78 is 39.3. The van der Waals surface area contributed by atoms with E-state index in [0.29, 0.717) is 31.6 Å². The van der Waals surface area contributed by atoms with Gasteiger partial charge in [0.1, 0.15) is 5.69 Å². The molecule has 0 radical (unpaired) electrons. The number of alkyl halides is 3. The number of pyridine rings is 1. The summed E-state index contributed by atoms with van der Waals surface area (Å²) in [4.78, 5) is 18.1. The summed E-state index contributed by atoms with van der Waals surface area (Å²) in [6, 6.07) is 10.8. The minimum absolute atomic E-state index is 0.0126. The first-order valence-electron chi connectivity index (χ1n) is 8.53. The van der Waals surface area contributed by atoms with Crippen LogP contribution < -0.4 is 5.32 Å². The number of aromatic nitrogens is 1. The van der Waals surface area contributed by atoms with Crippen molar-refractivity contribution >= 4 is 5.91 Å². The Morgan fingerprint density at radius 3 is 2.46 bits per heavy atom. The van der Waals surface area contributed by atoms with E-state index in [1.54, 1.807) is 30.5 Å². The molecule has 1 amide bonds. The molecule has 2 aromatic rings. The number of benzene rings is 1. The zero-order valence-corrected chi connectivity index (χ0v) is 14.2. The highest BCUT2D eigenvalue weighted by Crippen LogP contribution is 2.32. The Labute approximate surface area is 150 Å². The van der Waals surface area contributed by atoms with Crippen LogP contribution >= 0.6 is 0 Å². The molecular formula is C19H20F3N3O. The number of hydrogen-bond acceptors (Lipinski definition) is 3. The van der Waals surface area contributed by atoms with Gasteiger partial charge in [0.25, 0.3) is 5.91 Å². The molecule has 0 spiro atoms. The van der Waals surface area contributed by atoms with Gasteiger partial charge in [-0.1, -0.05) is 24.3 Å². The number of amides is 1. The van der Waals surface area contributed by atoms with Crippen molar-refractivity contribution in [3.63, 3.8) is 0 Å². The summed E-state index contributed by atoms with van der Waals surface area (Å²) in [5.74, 6) is -0.216. The van der Waals surface area contributed by atoms with Crippen molar-refractivity contribution < 1.29 is 18.0 Å². The number of nitrogens with one attached hydrogen (secondary N) is 1. The van der Waals surface area contributed by atoms with Crippen LogP contribution in [0, 0.1) is 0 Å². The Morgan fingerprint density at radius 1 is 1.12 bits per heavy atom. The Hall–Kier alpha value is -2.41. The molecule has 1 saturated heterocycles. The molecule has 1 N–H and O–H groups in total. The topological polar surface area (TPSA) is 45.2 Å². The van der Waals surface area contributed by atoms with Gasteiger partial charge < -0.3 is 5.32 Å². The average molecular weight is 363 g/mol. The summed E-state index contributed by atoms with van der Waals surface area (Å²) in [5.41, 5.74) is 0.0792. The van der Waals surface area contributed by atoms with Crippen molar-refractivity contribution in [2.45, 2.75) is 31.6 Å². The largest absolute Gasteiger partial charge is 0.416 e. The summed E-state index contributed by atoms with van der Waals surface area (Å²) in [7, 11) is 0. The second-order valence-corrected chi connectivity index (χ2v) is 6.39. The van der Waals surface area contributed by atoms with E-state index in [2.05, 4.69) is 10.3 Å². The van der Waals surface area contributed by atoms with Crippen molar-refractivity contribution in [3.05, 3.63) is 65.5 Å². The van der Waals surface area contributed by atoms with E-state index in [1.165, 1.54) is 12.1 Å². The molecule has 1 aliphatic heterocycles. The third-order valence-electron chi connectivity index (χ3n) is 4.54. The van der Waals surface area contributed by atoms with Crippen LogP contribution in [0.1, 0.15) is 34.5 Å². The van der Waals surface area contributed by atoms with Gasteiger partial charge >= 0.3 is 6.18 Å². The minimum atomic E-state index is -4.34. The monoisotopic (exact) mass is 363 g/mol. The van der Waals surface area contributed by atoms with Crippen LogP contribution in [0.15, 0.2) is 48.7 Å². The van der Waals surface area contributed by atoms with E-state index >= 15 is 0 Å². The van der Waals surface area contributed by atoms with Crippen LogP contribution in [-0.2, 0) is 12.7 Å². The maximum atomic E-state index is 13.1. The van der Waals surface area contributed by atoms with Crippen molar-refractivity contribution in [2.24, 2.45) is 0 Å². The molecule has 0 unspecified atom stereocenters. The average Bonchev–Trinajstić information content (AvgIpc) is 2.63. The normalized spacial score (nSPS) is 16.4. The standard InChI is InChI=1S/C19H20F3N3O/c20-19(21,22)16-6-2-1-5-14(16)13-25-11-8-15(9-12-25)24-18(26)17-7-3-4-10-23-17/h1-7,10,15H,8-9,11-13H2,(H,24,26). The third-order valence-corrected chi connectivity index (χ3v) is 4.54. The Morgan fingerprint density at radius 2 is 1.81 bits per heavy atom. The maximum Gasteiger partial charge on any atom is 0.416 e. The second-order valence-electron chi connectivity index (χ2n) is 6.39. The van der Waals surface area contributed by atoms with Crippen LogP contribution in [0.25, 0.3) is 0 Å². The molecule has 1 aliphatic rings. The zero-order chi connectivity index (χ0) is 18.6. The van der Waals surface area contributed by atoms with Crippen molar-refractivity contribution in [1.82, 2.24) is 15.2 Å². The molecule has 1 aromatic carbocycles. The Bertz CT molecular complexity index is 741. The highest BCUT2D eigenvalue weighted by molar-refractivity contribution is 5.92. The molecule has 4 nitrogen and oxygen atoms in total. The Balaban J connectivity index is 1.54. The highest BCUT2D eigenvalue weighted by Gasteiger charge is 2.33. The lowest BCUT2D eigenvalue weighted by molar-refractivity contribution is -0.138. The van der Waals surface area contributed by atoms with Gasteiger partial charge in [-0.3, -0.25) is 14.7 Å². The summed E-state index contributed by atoms with van der Waals surface area (Å²) >= 11 is 0. The van der Waals surface area contributed by atoms with E-state index in [-0.39, 0.29) is 24.1 Å². The van der Waals surface area contributed by atoms with Crippen molar-refractivity contribution in [2.75, 3.05) is 13.1 Å². The quantitative estimate of drug-likeness (QED) is 0.904. The molecule has 1 aromatic heterocycles. The minimum Gasteiger partial charge on any atom is -0.348 e. The van der Waals surface area contributed by atoms with E-state index in [1.807, 2.05) is 4.90 Å². The highest BCUT2D eigenvalue weighted by atomic mass is 19.4. The number of carbonyl (C=O) groups excluding carboxylic acids is 1. The first-order chi connectivity index (χ1) is 12.4. The molecule has 7 heteroatoms. The number of likely N-dealkylation sites (tertiary alicyclic amines) is 1. The van der Waals surface area contributed by atoms with Crippen LogP contribution in [0.2, 0.25) is 0 Å². The lowest BCUT2D eigenvalue weighted by Crippen LogP contribution is -2.44. The fraction of sp³-hybridized carbons (Fsp3) is 0.368. The number of carbonyl (C=O) groups is 1. The number of halogens is 3. The van der Waals surface area contributed by atoms with E-state index in [9.17, 15) is 18.0 Å². The first-order valence-corrected chi connectivity index (χ1v) is 8.53. The lowest BCUT2D eigenvalue weighted by Gasteiger charge is -2.32. The van der Waals surface area contributed by atoms with Gasteiger partial charge in [-0.25, -0.2) is 0 Å². The van der Waals surface area contributed by atoms with Crippen molar-refractivity contribution in [1.29, 1.82) is 0 Å². The molecule has 0 bridgehead atoms. The fourth-order valence-electron chi connectivity index (χ4n) is 3.17. The number of hydrogen-bond donors (Lipinski definition) is 1. The number of piperidine rings is 1. The van der Waals surface area contributed by atoms with Gasteiger partial charge in [0, 0.05) is 31.9 Å². The number of rotatable bonds is 4. The molecule has 0 atom stereocenters. The lowest BCUT2D eigenvalue weighted by atomic mass is 10.0. The summed E-state index contributed by atoms with van der Waals surface area (Å²) in [5, 5.41) is 2.95. The van der Waals surface area contributed by atoms with Gasteiger partial charge in [-0.15, -0.1) is 0 Å². The second kappa shape index (κ2) is 7.86. The Kier molecular flexibility index (Phi) is 5.56. The van der Waals surface area contributed by atoms with E-state index in [4.69, 9.17) is 0 Å². The van der Waals surface area contributed by atoms with Gasteiger partial charge in [-0.2, -0.15) is 13.2 Å². The molecular weight excluding hydrogens is 343 g/mol. The third kappa shape index (κ3) is 4.60. The molecule has 3 rings (SSSR count). The first kappa shape index (κ1) is 18.4. The van der Waals surface area contributed by atoms with Crippen LogP contribution in [0.5, 0.6) is 0 Å². The molecule has 0 aliphatic carbocycles. The van der Waals surface area contributed by atoms with Gasteiger partial charge in [0.2, 0.25) is 0 Å². The predicted molar refractivity (Wildman–Crippen MR) is 91.4 cm³/mol. The number of nitrogens with zero attached hydrogens (tertiary/aromatic N) is 2.